The van der Waals surface area contributed by atoms with Crippen LogP contribution in [0.2, 0.25) is 5.02 Å². The first-order chi connectivity index (χ1) is 8.12. The van der Waals surface area contributed by atoms with Crippen LogP contribution in [-0.4, -0.2) is 19.0 Å². The van der Waals surface area contributed by atoms with E-state index in [1.165, 1.54) is 0 Å². The molecule has 1 amide bonds. The lowest BCUT2D eigenvalue weighted by Crippen LogP contribution is -2.20. The number of carbonyl (C=O) groups excluding carboxylic acids is 1. The topological polar surface area (TPSA) is 41.1 Å². The van der Waals surface area contributed by atoms with Crippen molar-refractivity contribution in [3.8, 4) is 0 Å². The summed E-state index contributed by atoms with van der Waals surface area (Å²) in [7, 11) is 1.62. The van der Waals surface area contributed by atoms with Crippen molar-refractivity contribution in [3.63, 3.8) is 0 Å². The second-order valence-corrected chi connectivity index (χ2v) is 4.34. The lowest BCUT2D eigenvalue weighted by Gasteiger charge is -2.17. The van der Waals surface area contributed by atoms with E-state index in [-0.39, 0.29) is 5.91 Å². The fourth-order valence-electron chi connectivity index (χ4n) is 1.63. The Kier molecular flexibility index (Phi) is 5.29. The van der Waals surface area contributed by atoms with Crippen LogP contribution in [-0.2, 0) is 0 Å². The molecule has 0 aromatic heterocycles. The van der Waals surface area contributed by atoms with E-state index in [0.29, 0.717) is 16.6 Å². The molecule has 0 aliphatic rings. The fraction of sp³-hybridized carbons (Fsp3) is 0.462. The first kappa shape index (κ1) is 13.8. The largest absolute Gasteiger partial charge is 0.381 e. The van der Waals surface area contributed by atoms with E-state index in [2.05, 4.69) is 24.5 Å². The zero-order chi connectivity index (χ0) is 12.8. The van der Waals surface area contributed by atoms with Gasteiger partial charge in [0, 0.05) is 18.7 Å². The Hall–Kier alpha value is -1.22. The van der Waals surface area contributed by atoms with Crippen molar-refractivity contribution in [3.05, 3.63) is 28.8 Å². The molecule has 0 atom stereocenters. The second kappa shape index (κ2) is 6.50. The van der Waals surface area contributed by atoms with Gasteiger partial charge in [0.25, 0.3) is 5.91 Å². The van der Waals surface area contributed by atoms with E-state index in [1.807, 2.05) is 0 Å². The van der Waals surface area contributed by atoms with Gasteiger partial charge in [-0.3, -0.25) is 4.79 Å². The predicted molar refractivity (Wildman–Crippen MR) is 72.8 cm³/mol. The van der Waals surface area contributed by atoms with Gasteiger partial charge in [0.2, 0.25) is 0 Å². The molecule has 0 fully saturated rings. The van der Waals surface area contributed by atoms with Crippen molar-refractivity contribution in [2.24, 2.45) is 0 Å². The average Bonchev–Trinajstić information content (AvgIpc) is 2.36. The molecule has 0 bridgehead atoms. The molecule has 1 aromatic carbocycles. The molecule has 0 spiro atoms. The second-order valence-electron chi connectivity index (χ2n) is 3.93. The van der Waals surface area contributed by atoms with Crippen LogP contribution in [0.5, 0.6) is 0 Å². The van der Waals surface area contributed by atoms with Crippen molar-refractivity contribution in [2.45, 2.75) is 32.7 Å². The van der Waals surface area contributed by atoms with Gasteiger partial charge in [0.15, 0.2) is 0 Å². The van der Waals surface area contributed by atoms with E-state index >= 15 is 0 Å². The Balaban J connectivity index is 2.94. The summed E-state index contributed by atoms with van der Waals surface area (Å²) >= 11 is 6.11. The van der Waals surface area contributed by atoms with E-state index in [9.17, 15) is 4.79 Å². The van der Waals surface area contributed by atoms with Crippen molar-refractivity contribution >= 4 is 23.2 Å². The maximum absolute atomic E-state index is 11.5. The normalized spacial score (nSPS) is 10.4. The van der Waals surface area contributed by atoms with Gasteiger partial charge in [-0.25, -0.2) is 0 Å². The number of hydrogen-bond donors (Lipinski definition) is 2. The zero-order valence-electron chi connectivity index (χ0n) is 10.5. The number of nitrogens with one attached hydrogen (secondary N) is 2. The molecule has 3 nitrogen and oxygen atoms in total. The molecule has 0 saturated carbocycles. The lowest BCUT2D eigenvalue weighted by molar-refractivity contribution is 0.0963. The minimum atomic E-state index is -0.103. The van der Waals surface area contributed by atoms with E-state index in [0.717, 1.165) is 18.5 Å². The minimum Gasteiger partial charge on any atom is -0.381 e. The van der Waals surface area contributed by atoms with Gasteiger partial charge in [-0.05, 0) is 31.0 Å². The molecule has 1 rings (SSSR count). The molecule has 0 aliphatic heterocycles. The van der Waals surface area contributed by atoms with Crippen LogP contribution in [0, 0.1) is 0 Å². The van der Waals surface area contributed by atoms with Crippen molar-refractivity contribution in [1.29, 1.82) is 0 Å². The van der Waals surface area contributed by atoms with Gasteiger partial charge in [0.1, 0.15) is 0 Å². The van der Waals surface area contributed by atoms with Crippen LogP contribution >= 0.6 is 11.6 Å². The maximum atomic E-state index is 11.5. The molecule has 1 aromatic rings. The van der Waals surface area contributed by atoms with E-state index in [1.54, 1.807) is 25.2 Å². The summed E-state index contributed by atoms with van der Waals surface area (Å²) in [6.07, 6.45) is 2.05. The monoisotopic (exact) mass is 254 g/mol. The molecular weight excluding hydrogens is 236 g/mol. The number of carbonyl (C=O) groups is 1. The summed E-state index contributed by atoms with van der Waals surface area (Å²) in [6.45, 7) is 4.25. The molecule has 0 heterocycles. The average molecular weight is 255 g/mol. The van der Waals surface area contributed by atoms with Crippen molar-refractivity contribution in [1.82, 2.24) is 5.32 Å². The number of anilines is 1. The van der Waals surface area contributed by atoms with Gasteiger partial charge in [-0.15, -0.1) is 0 Å². The molecule has 0 saturated heterocycles. The molecular formula is C13H19ClN2O. The van der Waals surface area contributed by atoms with Crippen molar-refractivity contribution < 1.29 is 4.79 Å². The Labute approximate surface area is 108 Å². The summed E-state index contributed by atoms with van der Waals surface area (Å²) < 4.78 is 0. The van der Waals surface area contributed by atoms with Crippen LogP contribution in [0.1, 0.15) is 37.0 Å². The summed E-state index contributed by atoms with van der Waals surface area (Å²) in [5.74, 6) is -0.103. The fourth-order valence-corrected chi connectivity index (χ4v) is 1.81. The highest BCUT2D eigenvalue weighted by Crippen LogP contribution is 2.24. The summed E-state index contributed by atoms with van der Waals surface area (Å²) in [5.41, 5.74) is 1.44. The van der Waals surface area contributed by atoms with Crippen LogP contribution in [0.15, 0.2) is 18.2 Å². The Morgan fingerprint density at radius 2 is 2.00 bits per heavy atom. The van der Waals surface area contributed by atoms with Crippen LogP contribution in [0.25, 0.3) is 0 Å². The smallest absolute Gasteiger partial charge is 0.251 e. The molecule has 0 unspecified atom stereocenters. The zero-order valence-corrected chi connectivity index (χ0v) is 11.3. The SMILES string of the molecule is CCC(CC)Nc1cc(C(=O)NC)ccc1Cl. The quantitative estimate of drug-likeness (QED) is 0.847. The first-order valence-electron chi connectivity index (χ1n) is 5.90. The maximum Gasteiger partial charge on any atom is 0.251 e. The highest BCUT2D eigenvalue weighted by atomic mass is 35.5. The number of rotatable bonds is 5. The number of halogens is 1. The lowest BCUT2D eigenvalue weighted by atomic mass is 10.1. The van der Waals surface area contributed by atoms with Crippen LogP contribution in [0.3, 0.4) is 0 Å². The van der Waals surface area contributed by atoms with Gasteiger partial charge in [-0.1, -0.05) is 25.4 Å². The molecule has 94 valence electrons. The van der Waals surface area contributed by atoms with E-state index < -0.39 is 0 Å². The summed E-state index contributed by atoms with van der Waals surface area (Å²) in [6, 6.07) is 5.64. The van der Waals surface area contributed by atoms with E-state index in [4.69, 9.17) is 11.6 Å². The third-order valence-electron chi connectivity index (χ3n) is 2.80. The predicted octanol–water partition coefficient (Wildman–Crippen LogP) is 3.30. The number of amides is 1. The Bertz CT molecular complexity index is 389. The molecule has 2 N–H and O–H groups in total. The van der Waals surface area contributed by atoms with Gasteiger partial charge in [0.05, 0.1) is 10.7 Å². The number of benzene rings is 1. The Morgan fingerprint density at radius 3 is 2.53 bits per heavy atom. The molecule has 4 heteroatoms. The van der Waals surface area contributed by atoms with Gasteiger partial charge >= 0.3 is 0 Å². The minimum absolute atomic E-state index is 0.103. The Morgan fingerprint density at radius 1 is 1.35 bits per heavy atom. The third kappa shape index (κ3) is 3.63. The first-order valence-corrected chi connectivity index (χ1v) is 6.28. The van der Waals surface area contributed by atoms with Gasteiger partial charge in [-0.2, -0.15) is 0 Å². The summed E-state index contributed by atoms with van der Waals surface area (Å²) in [4.78, 5) is 11.5. The number of hydrogen-bond acceptors (Lipinski definition) is 2. The highest BCUT2D eigenvalue weighted by Gasteiger charge is 2.10. The third-order valence-corrected chi connectivity index (χ3v) is 3.13. The summed E-state index contributed by atoms with van der Waals surface area (Å²) in [5, 5.41) is 6.60. The molecule has 0 aliphatic carbocycles. The van der Waals surface area contributed by atoms with Crippen LogP contribution < -0.4 is 10.6 Å². The molecule has 0 radical (unpaired) electrons. The van der Waals surface area contributed by atoms with Gasteiger partial charge < -0.3 is 10.6 Å². The molecule has 17 heavy (non-hydrogen) atoms. The van der Waals surface area contributed by atoms with Crippen molar-refractivity contribution in [2.75, 3.05) is 12.4 Å². The van der Waals surface area contributed by atoms with Crippen LogP contribution in [0.4, 0.5) is 5.69 Å². The standard InChI is InChI=1S/C13H19ClN2O/c1-4-10(5-2)16-12-8-9(13(17)15-3)6-7-11(12)14/h6-8,10,16H,4-5H2,1-3H3,(H,15,17). The highest BCUT2D eigenvalue weighted by molar-refractivity contribution is 6.33.